The zero-order valence-electron chi connectivity index (χ0n) is 51.1. The van der Waals surface area contributed by atoms with Crippen molar-refractivity contribution in [2.45, 2.75) is 284 Å². The average Bonchev–Trinajstić information content (AvgIpc) is 3.45. The summed E-state index contributed by atoms with van der Waals surface area (Å²) >= 11 is 0. The molecule has 1 atom stereocenters. The maximum atomic E-state index is 12.9. The van der Waals surface area contributed by atoms with E-state index in [0.29, 0.717) is 25.7 Å². The lowest BCUT2D eigenvalue weighted by Crippen LogP contribution is -2.30. The van der Waals surface area contributed by atoms with Gasteiger partial charge < -0.3 is 14.2 Å². The highest BCUT2D eigenvalue weighted by Gasteiger charge is 2.19. The van der Waals surface area contributed by atoms with Gasteiger partial charge in [0.05, 0.1) is 0 Å². The van der Waals surface area contributed by atoms with Gasteiger partial charge in [-0.3, -0.25) is 14.4 Å². The SMILES string of the molecule is CC/C=C\C/C=C\C/C=C\C/C=C\CCCCCCCCCCCCCCCCCCCCC(=O)OCC(COC(=O)CCCC/C=C\C/C=C\C/C=C\C/C=C\CC)OC(=O)CCCC/C=C\C/C=C\C/C=C\C/C=C\CC. The summed E-state index contributed by atoms with van der Waals surface area (Å²) < 4.78 is 16.8. The van der Waals surface area contributed by atoms with Gasteiger partial charge in [-0.2, -0.15) is 0 Å². The Bertz CT molecular complexity index is 1730. The van der Waals surface area contributed by atoms with Crippen molar-refractivity contribution in [2.24, 2.45) is 0 Å². The summed E-state index contributed by atoms with van der Waals surface area (Å²) in [5.74, 6) is -0.995. The Hall–Kier alpha value is -4.71. The van der Waals surface area contributed by atoms with E-state index in [4.69, 9.17) is 14.2 Å². The van der Waals surface area contributed by atoms with Gasteiger partial charge in [0.15, 0.2) is 6.10 Å². The van der Waals surface area contributed by atoms with Gasteiger partial charge in [-0.15, -0.1) is 0 Å². The van der Waals surface area contributed by atoms with Crippen LogP contribution in [0.4, 0.5) is 0 Å². The second kappa shape index (κ2) is 65.8. The summed E-state index contributed by atoms with van der Waals surface area (Å²) in [6.07, 6.45) is 94.5. The molecule has 0 saturated heterocycles. The van der Waals surface area contributed by atoms with Gasteiger partial charge in [0.2, 0.25) is 0 Å². The number of ether oxygens (including phenoxy) is 3. The molecule has 0 bridgehead atoms. The normalized spacial score (nSPS) is 13.1. The first-order valence-electron chi connectivity index (χ1n) is 32.3. The molecule has 79 heavy (non-hydrogen) atoms. The van der Waals surface area contributed by atoms with Crippen molar-refractivity contribution in [3.63, 3.8) is 0 Å². The van der Waals surface area contributed by atoms with Crippen LogP contribution in [0.3, 0.4) is 0 Å². The summed E-state index contributed by atoms with van der Waals surface area (Å²) in [6.45, 7) is 6.23. The van der Waals surface area contributed by atoms with Crippen LogP contribution in [0.15, 0.2) is 146 Å². The Kier molecular flexibility index (Phi) is 61.9. The van der Waals surface area contributed by atoms with Gasteiger partial charge in [-0.25, -0.2) is 0 Å². The molecule has 0 heterocycles. The second-order valence-electron chi connectivity index (χ2n) is 20.9. The van der Waals surface area contributed by atoms with Gasteiger partial charge in [-0.1, -0.05) is 269 Å². The molecule has 0 fully saturated rings. The number of carbonyl (C=O) groups is 3. The van der Waals surface area contributed by atoms with E-state index in [1.165, 1.54) is 103 Å². The number of hydrogen-bond donors (Lipinski definition) is 0. The first-order valence-corrected chi connectivity index (χ1v) is 32.3. The summed E-state index contributed by atoms with van der Waals surface area (Å²) in [5.41, 5.74) is 0. The fourth-order valence-corrected chi connectivity index (χ4v) is 8.59. The zero-order chi connectivity index (χ0) is 57.1. The van der Waals surface area contributed by atoms with E-state index >= 15 is 0 Å². The first kappa shape index (κ1) is 74.3. The van der Waals surface area contributed by atoms with Crippen LogP contribution < -0.4 is 0 Å². The molecule has 0 aliphatic heterocycles. The van der Waals surface area contributed by atoms with Crippen molar-refractivity contribution in [2.75, 3.05) is 13.2 Å². The summed E-state index contributed by atoms with van der Waals surface area (Å²) in [6, 6.07) is 0. The second-order valence-corrected chi connectivity index (χ2v) is 20.9. The quantitative estimate of drug-likeness (QED) is 0.0261. The van der Waals surface area contributed by atoms with Gasteiger partial charge >= 0.3 is 17.9 Å². The maximum Gasteiger partial charge on any atom is 0.306 e. The van der Waals surface area contributed by atoms with Gasteiger partial charge in [-0.05, 0) is 135 Å². The maximum absolute atomic E-state index is 12.9. The molecule has 446 valence electrons. The van der Waals surface area contributed by atoms with E-state index in [2.05, 4.69) is 167 Å². The molecule has 6 nitrogen and oxygen atoms in total. The van der Waals surface area contributed by atoms with Crippen LogP contribution >= 0.6 is 0 Å². The minimum atomic E-state index is -0.822. The van der Waals surface area contributed by atoms with Gasteiger partial charge in [0.25, 0.3) is 0 Å². The molecule has 0 aromatic rings. The molecule has 0 amide bonds. The largest absolute Gasteiger partial charge is 0.462 e. The third-order valence-electron chi connectivity index (χ3n) is 13.3. The highest BCUT2D eigenvalue weighted by Crippen LogP contribution is 2.16. The highest BCUT2D eigenvalue weighted by molar-refractivity contribution is 5.71. The number of rotatable bonds is 57. The molecule has 0 aliphatic carbocycles. The van der Waals surface area contributed by atoms with Crippen molar-refractivity contribution in [3.05, 3.63) is 146 Å². The Morgan fingerprint density at radius 2 is 0.456 bits per heavy atom. The van der Waals surface area contributed by atoms with E-state index in [1.54, 1.807) is 0 Å². The molecule has 1 unspecified atom stereocenters. The minimum Gasteiger partial charge on any atom is -0.462 e. The third kappa shape index (κ3) is 64.0. The molecule has 0 N–H and O–H groups in total. The number of carbonyl (C=O) groups excluding carboxylic acids is 3. The minimum absolute atomic E-state index is 0.111. The average molecular weight is 1090 g/mol. The van der Waals surface area contributed by atoms with Crippen molar-refractivity contribution in [1.82, 2.24) is 0 Å². The lowest BCUT2D eigenvalue weighted by atomic mass is 10.0. The number of allylic oxidation sites excluding steroid dienone is 24. The standard InChI is InChI=1S/C73H118O6/c1-4-7-10-13-16-19-22-25-28-29-30-31-32-33-34-35-36-37-38-39-40-41-42-43-46-48-51-54-57-60-63-66-72(75)78-69-70(79-73(76)67-64-61-58-55-52-49-45-27-24-21-18-15-12-9-6-3)68-77-71(74)65-62-59-56-53-50-47-44-26-23-20-17-14-11-8-5-2/h7-12,16-21,25-28,30-31,44-45,50,52-53,55,70H,4-6,13-15,22-24,29,32-43,46-49,51,54,56-69H2,1-3H3/b10-7-,11-8-,12-9-,19-16-,20-17-,21-18-,28-25-,31-30-,44-26-,45-27-,53-50-,55-52-. The molecule has 6 heteroatoms. The summed E-state index contributed by atoms with van der Waals surface area (Å²) in [7, 11) is 0. The smallest absolute Gasteiger partial charge is 0.306 e. The number of esters is 3. The highest BCUT2D eigenvalue weighted by atomic mass is 16.6. The Morgan fingerprint density at radius 3 is 0.734 bits per heavy atom. The van der Waals surface area contributed by atoms with Crippen LogP contribution in [0.5, 0.6) is 0 Å². The van der Waals surface area contributed by atoms with Crippen molar-refractivity contribution < 1.29 is 28.6 Å². The van der Waals surface area contributed by atoms with E-state index in [-0.39, 0.29) is 37.5 Å². The monoisotopic (exact) mass is 1090 g/mol. The van der Waals surface area contributed by atoms with Crippen molar-refractivity contribution >= 4 is 17.9 Å². The Morgan fingerprint density at radius 1 is 0.253 bits per heavy atom. The van der Waals surface area contributed by atoms with Crippen LogP contribution in [0.25, 0.3) is 0 Å². The molecular formula is C73H118O6. The van der Waals surface area contributed by atoms with E-state index in [1.807, 2.05) is 0 Å². The molecule has 0 aromatic carbocycles. The molecular weight excluding hydrogens is 973 g/mol. The fourth-order valence-electron chi connectivity index (χ4n) is 8.59. The molecule has 0 aliphatic rings. The summed E-state index contributed by atoms with van der Waals surface area (Å²) in [5, 5.41) is 0. The lowest BCUT2D eigenvalue weighted by Gasteiger charge is -2.18. The van der Waals surface area contributed by atoms with E-state index in [9.17, 15) is 14.4 Å². The van der Waals surface area contributed by atoms with Crippen molar-refractivity contribution in [3.8, 4) is 0 Å². The lowest BCUT2D eigenvalue weighted by molar-refractivity contribution is -0.167. The van der Waals surface area contributed by atoms with Crippen LogP contribution in [0.1, 0.15) is 278 Å². The zero-order valence-corrected chi connectivity index (χ0v) is 51.1. The molecule has 0 spiro atoms. The van der Waals surface area contributed by atoms with E-state index in [0.717, 1.165) is 122 Å². The van der Waals surface area contributed by atoms with Crippen molar-refractivity contribution in [1.29, 1.82) is 0 Å². The van der Waals surface area contributed by atoms with Crippen LogP contribution in [-0.4, -0.2) is 37.2 Å². The topological polar surface area (TPSA) is 78.9 Å². The number of unbranched alkanes of at least 4 members (excludes halogenated alkanes) is 22. The Balaban J connectivity index is 4.28. The van der Waals surface area contributed by atoms with Gasteiger partial charge in [0.1, 0.15) is 13.2 Å². The predicted octanol–water partition coefficient (Wildman–Crippen LogP) is 22.3. The predicted molar refractivity (Wildman–Crippen MR) is 343 cm³/mol. The van der Waals surface area contributed by atoms with Crippen LogP contribution in [-0.2, 0) is 28.6 Å². The van der Waals surface area contributed by atoms with Gasteiger partial charge in [0, 0.05) is 19.3 Å². The summed E-state index contributed by atoms with van der Waals surface area (Å²) in [4.78, 5) is 38.2. The van der Waals surface area contributed by atoms with E-state index < -0.39 is 6.10 Å². The molecule has 0 saturated carbocycles. The molecule has 0 aromatic heterocycles. The molecule has 0 rings (SSSR count). The van der Waals surface area contributed by atoms with Crippen LogP contribution in [0, 0.1) is 0 Å². The molecule has 0 radical (unpaired) electrons. The van der Waals surface area contributed by atoms with Crippen LogP contribution in [0.2, 0.25) is 0 Å². The third-order valence-corrected chi connectivity index (χ3v) is 13.3. The fraction of sp³-hybridized carbons (Fsp3) is 0.630. The number of hydrogen-bond acceptors (Lipinski definition) is 6. The Labute approximate surface area is 487 Å². The first-order chi connectivity index (χ1) is 39.0.